The molecule has 13 N–H and O–H groups in total. The summed E-state index contributed by atoms with van der Waals surface area (Å²) in [6.45, 7) is 3.44. The first-order chi connectivity index (χ1) is 28.5. The van der Waals surface area contributed by atoms with Gasteiger partial charge in [0, 0.05) is 53.5 Å². The number of carboxylic acid groups (broad SMARTS) is 2. The van der Waals surface area contributed by atoms with Gasteiger partial charge in [0.15, 0.2) is 0 Å². The second-order valence-electron chi connectivity index (χ2n) is 14.6. The lowest BCUT2D eigenvalue weighted by Gasteiger charge is -2.28. The van der Waals surface area contributed by atoms with Gasteiger partial charge in [-0.15, -0.1) is 0 Å². The number of carbonyl (C=O) groups is 8. The molecule has 2 aromatic carbocycles. The number of H-pyrrole nitrogens is 2. The summed E-state index contributed by atoms with van der Waals surface area (Å²) in [5.74, 6) is -8.48. The zero-order valence-electron chi connectivity index (χ0n) is 33.2. The molecule has 322 valence electrons. The van der Waals surface area contributed by atoms with Gasteiger partial charge in [0.25, 0.3) is 0 Å². The van der Waals surface area contributed by atoms with Crippen LogP contribution in [-0.2, 0) is 51.2 Å². The first kappa shape index (κ1) is 45.9. The molecule has 4 aromatic rings. The van der Waals surface area contributed by atoms with Crippen LogP contribution in [0.25, 0.3) is 21.8 Å². The van der Waals surface area contributed by atoms with Gasteiger partial charge in [-0.05, 0) is 42.5 Å². The van der Waals surface area contributed by atoms with Crippen LogP contribution in [0, 0.1) is 5.92 Å². The number of hydrogen-bond acceptors (Lipinski definition) is 10. The molecule has 0 saturated carbocycles. The molecule has 6 atom stereocenters. The third kappa shape index (κ3) is 12.6. The highest BCUT2D eigenvalue weighted by molar-refractivity contribution is 5.97. The summed E-state index contributed by atoms with van der Waals surface area (Å²) in [7, 11) is 0. The first-order valence-electron chi connectivity index (χ1n) is 19.2. The molecule has 4 rings (SSSR count). The molecule has 0 aliphatic heterocycles. The van der Waals surface area contributed by atoms with Crippen molar-refractivity contribution in [3.05, 3.63) is 72.1 Å². The van der Waals surface area contributed by atoms with Crippen molar-refractivity contribution < 1.29 is 53.7 Å². The van der Waals surface area contributed by atoms with Crippen LogP contribution in [0.4, 0.5) is 0 Å². The van der Waals surface area contributed by atoms with Crippen LogP contribution in [0.3, 0.4) is 0 Å². The quantitative estimate of drug-likeness (QED) is 0.0450. The monoisotopic (exact) mass is 833 g/mol. The van der Waals surface area contributed by atoms with E-state index in [-0.39, 0.29) is 19.4 Å². The lowest BCUT2D eigenvalue weighted by atomic mass is 10.0. The van der Waals surface area contributed by atoms with E-state index >= 15 is 0 Å². The lowest BCUT2D eigenvalue weighted by molar-refractivity contribution is -0.143. The maximum absolute atomic E-state index is 13.9. The van der Waals surface area contributed by atoms with Crippen LogP contribution in [0.15, 0.2) is 60.9 Å². The number of aliphatic hydroxyl groups is 1. The van der Waals surface area contributed by atoms with Crippen molar-refractivity contribution in [1.82, 2.24) is 41.9 Å². The van der Waals surface area contributed by atoms with E-state index in [1.807, 2.05) is 0 Å². The van der Waals surface area contributed by atoms with Gasteiger partial charge in [-0.25, -0.2) is 4.79 Å². The molecule has 0 radical (unpaired) electrons. The SMILES string of the molecule is CC(C)[C@H](NC(=O)[C@H](Cc1c[nH]c2ccccc12)NC(=O)[C@@H](NC(=O)[C@H](CCC(=O)O)NC(=O)[C@H](Cc1c[nH]c2ccccc12)NC(=O)CNC(=O)CN)[C@@H](C)O)C(=O)O. The Morgan fingerprint density at radius 3 is 1.62 bits per heavy atom. The number of rotatable bonds is 22. The number of amides is 6. The number of para-hydroxylation sites is 2. The van der Waals surface area contributed by atoms with Crippen LogP contribution >= 0.6 is 0 Å². The summed E-state index contributed by atoms with van der Waals surface area (Å²) < 4.78 is 0. The largest absolute Gasteiger partial charge is 0.481 e. The molecular formula is C40H51N9O11. The average molecular weight is 834 g/mol. The van der Waals surface area contributed by atoms with Crippen molar-refractivity contribution in [2.75, 3.05) is 13.1 Å². The maximum Gasteiger partial charge on any atom is 0.326 e. The van der Waals surface area contributed by atoms with Gasteiger partial charge in [-0.2, -0.15) is 0 Å². The van der Waals surface area contributed by atoms with Crippen LogP contribution < -0.4 is 37.6 Å². The minimum absolute atomic E-state index is 0.113. The Labute approximate surface area is 343 Å². The highest BCUT2D eigenvalue weighted by Crippen LogP contribution is 2.21. The van der Waals surface area contributed by atoms with Crippen molar-refractivity contribution in [3.8, 4) is 0 Å². The van der Waals surface area contributed by atoms with Crippen LogP contribution in [0.1, 0.15) is 44.7 Å². The van der Waals surface area contributed by atoms with Gasteiger partial charge in [0.05, 0.1) is 19.2 Å². The van der Waals surface area contributed by atoms with Crippen LogP contribution in [-0.4, -0.2) is 122 Å². The molecule has 0 spiro atoms. The number of nitrogens with two attached hydrogens (primary N) is 1. The minimum Gasteiger partial charge on any atom is -0.481 e. The second-order valence-corrected chi connectivity index (χ2v) is 14.6. The number of carbonyl (C=O) groups excluding carboxylic acids is 6. The van der Waals surface area contributed by atoms with Gasteiger partial charge < -0.3 is 62.9 Å². The van der Waals surface area contributed by atoms with Crippen molar-refractivity contribution >= 4 is 69.2 Å². The number of hydrogen-bond donors (Lipinski definition) is 12. The minimum atomic E-state index is -1.77. The molecule has 0 bridgehead atoms. The normalized spacial score (nSPS) is 14.2. The van der Waals surface area contributed by atoms with Gasteiger partial charge >= 0.3 is 11.9 Å². The number of aromatic nitrogens is 2. The Balaban J connectivity index is 1.58. The summed E-state index contributed by atoms with van der Waals surface area (Å²) in [4.78, 5) is 110. The molecule has 0 saturated heterocycles. The predicted molar refractivity (Wildman–Crippen MR) is 217 cm³/mol. The van der Waals surface area contributed by atoms with Crippen molar-refractivity contribution in [3.63, 3.8) is 0 Å². The predicted octanol–water partition coefficient (Wildman–Crippen LogP) is -1.08. The standard InChI is InChI=1S/C40H51N9O11/c1-20(2)34(40(59)60)48-38(57)30(15-23-18-43-27-11-7-5-9-25(23)27)47-39(58)35(21(3)50)49-36(55)28(12-13-33(53)54)46-37(56)29(45-32(52)19-44-31(51)16-41)14-22-17-42-26-10-6-4-8-24(22)26/h4-11,17-18,20-21,28-30,34-35,42-43,50H,12-16,19,41H2,1-3H3,(H,44,51)(H,45,52)(H,46,56)(H,47,58)(H,48,57)(H,49,55)(H,53,54)(H,59,60)/t21-,28+,29+,30+,34+,35+/m1/s1. The fourth-order valence-electron chi connectivity index (χ4n) is 6.45. The highest BCUT2D eigenvalue weighted by atomic mass is 16.4. The van der Waals surface area contributed by atoms with E-state index in [4.69, 9.17) is 5.73 Å². The smallest absolute Gasteiger partial charge is 0.326 e. The summed E-state index contributed by atoms with van der Waals surface area (Å²) in [6, 6.07) is 6.79. The molecule has 60 heavy (non-hydrogen) atoms. The number of carboxylic acids is 2. The fourth-order valence-corrected chi connectivity index (χ4v) is 6.45. The molecule has 2 heterocycles. The Morgan fingerprint density at radius 2 is 1.12 bits per heavy atom. The molecule has 0 unspecified atom stereocenters. The summed E-state index contributed by atoms with van der Waals surface area (Å²) in [5, 5.41) is 46.0. The van der Waals surface area contributed by atoms with Crippen molar-refractivity contribution in [2.45, 2.75) is 82.8 Å². The maximum atomic E-state index is 13.9. The molecule has 2 aromatic heterocycles. The van der Waals surface area contributed by atoms with Gasteiger partial charge in [-0.3, -0.25) is 33.6 Å². The van der Waals surface area contributed by atoms with Crippen molar-refractivity contribution in [2.24, 2.45) is 11.7 Å². The third-order valence-electron chi connectivity index (χ3n) is 9.69. The number of benzene rings is 2. The Kier molecular flexibility index (Phi) is 16.3. The van der Waals surface area contributed by atoms with E-state index < -0.39 is 109 Å². The van der Waals surface area contributed by atoms with E-state index in [1.54, 1.807) is 74.8 Å². The number of aliphatic hydroxyl groups excluding tert-OH is 1. The van der Waals surface area contributed by atoms with Crippen LogP contribution in [0.5, 0.6) is 0 Å². The highest BCUT2D eigenvalue weighted by Gasteiger charge is 2.35. The van der Waals surface area contributed by atoms with E-state index in [0.29, 0.717) is 11.1 Å². The lowest BCUT2D eigenvalue weighted by Crippen LogP contribution is -2.61. The number of aromatic amines is 2. The Morgan fingerprint density at radius 1 is 0.633 bits per heavy atom. The fraction of sp³-hybridized carbons (Fsp3) is 0.400. The van der Waals surface area contributed by atoms with Gasteiger partial charge in [0.2, 0.25) is 35.4 Å². The molecule has 0 aliphatic rings. The topological polar surface area (TPSA) is 327 Å². The Hall–Kier alpha value is -6.80. The third-order valence-corrected chi connectivity index (χ3v) is 9.69. The van der Waals surface area contributed by atoms with Crippen LogP contribution in [0.2, 0.25) is 0 Å². The summed E-state index contributed by atoms with van der Waals surface area (Å²) in [6.07, 6.45) is 0.288. The van der Waals surface area contributed by atoms with Crippen molar-refractivity contribution in [1.29, 1.82) is 0 Å². The number of nitrogens with one attached hydrogen (secondary N) is 8. The zero-order chi connectivity index (χ0) is 44.1. The second kappa shape index (κ2) is 21.3. The molecule has 0 aliphatic carbocycles. The molecule has 0 fully saturated rings. The van der Waals surface area contributed by atoms with E-state index in [2.05, 4.69) is 41.9 Å². The Bertz CT molecular complexity index is 2200. The van der Waals surface area contributed by atoms with Gasteiger partial charge in [-0.1, -0.05) is 50.2 Å². The molecule has 20 heteroatoms. The van der Waals surface area contributed by atoms with E-state index in [1.165, 1.54) is 6.92 Å². The molecule has 6 amide bonds. The number of fused-ring (bicyclic) bond motifs is 2. The first-order valence-corrected chi connectivity index (χ1v) is 19.2. The van der Waals surface area contributed by atoms with Gasteiger partial charge in [0.1, 0.15) is 30.2 Å². The summed E-state index contributed by atoms with van der Waals surface area (Å²) in [5.41, 5.74) is 7.96. The molecule has 20 nitrogen and oxygen atoms in total. The van der Waals surface area contributed by atoms with E-state index in [9.17, 15) is 53.7 Å². The molecular weight excluding hydrogens is 782 g/mol. The number of aliphatic carboxylic acids is 2. The van der Waals surface area contributed by atoms with E-state index in [0.717, 1.165) is 21.8 Å². The average Bonchev–Trinajstić information content (AvgIpc) is 3.81. The summed E-state index contributed by atoms with van der Waals surface area (Å²) >= 11 is 0. The zero-order valence-corrected chi connectivity index (χ0v) is 33.2.